The van der Waals surface area contributed by atoms with Gasteiger partial charge in [0.2, 0.25) is 0 Å². The van der Waals surface area contributed by atoms with Gasteiger partial charge in [-0.05, 0) is 30.2 Å². The molecule has 136 valence electrons. The van der Waals surface area contributed by atoms with E-state index in [2.05, 4.69) is 15.7 Å². The van der Waals surface area contributed by atoms with Crippen molar-refractivity contribution in [3.05, 3.63) is 47.5 Å². The average molecular weight is 348 g/mol. The fourth-order valence-corrected chi connectivity index (χ4v) is 2.54. The molecule has 1 aromatic carbocycles. The van der Waals surface area contributed by atoms with Crippen LogP contribution in [0.3, 0.4) is 0 Å². The van der Waals surface area contributed by atoms with E-state index in [4.69, 9.17) is 4.74 Å². The van der Waals surface area contributed by atoms with Gasteiger partial charge in [0.05, 0.1) is 29.7 Å². The van der Waals surface area contributed by atoms with Gasteiger partial charge in [-0.3, -0.25) is 4.79 Å². The third kappa shape index (κ3) is 5.11. The molecule has 1 aromatic heterocycles. The predicted octanol–water partition coefficient (Wildman–Crippen LogP) is 2.10. The summed E-state index contributed by atoms with van der Waals surface area (Å²) in [6.45, 7) is 6.56. The molecule has 0 atom stereocenters. The van der Waals surface area contributed by atoms with Crippen LogP contribution in [0.2, 0.25) is 0 Å². The van der Waals surface area contributed by atoms with Gasteiger partial charge in [0.1, 0.15) is 5.82 Å². The summed E-state index contributed by atoms with van der Waals surface area (Å²) in [4.78, 5) is 12.5. The van der Waals surface area contributed by atoms with Crippen LogP contribution in [0.15, 0.2) is 30.5 Å². The second-order valence-corrected chi connectivity index (χ2v) is 5.99. The molecule has 0 aliphatic carbocycles. The highest BCUT2D eigenvalue weighted by Gasteiger charge is 2.20. The number of benzene rings is 1. The van der Waals surface area contributed by atoms with Crippen LogP contribution >= 0.6 is 0 Å². The number of ether oxygens (including phenoxy) is 1. The molecule has 0 aliphatic rings. The molecule has 0 saturated carbocycles. The minimum absolute atomic E-state index is 0.0909. The molecule has 0 bridgehead atoms. The van der Waals surface area contributed by atoms with Gasteiger partial charge in [0, 0.05) is 26.7 Å². The summed E-state index contributed by atoms with van der Waals surface area (Å²) in [7, 11) is 1.65. The highest BCUT2D eigenvalue weighted by atomic mass is 19.1. The van der Waals surface area contributed by atoms with E-state index in [0.717, 1.165) is 17.9 Å². The van der Waals surface area contributed by atoms with E-state index in [0.29, 0.717) is 25.3 Å². The third-order valence-electron chi connectivity index (χ3n) is 3.74. The summed E-state index contributed by atoms with van der Waals surface area (Å²) in [5.41, 5.74) is 2.07. The van der Waals surface area contributed by atoms with Gasteiger partial charge < -0.3 is 15.4 Å². The Kier molecular flexibility index (Phi) is 7.09. The SMILES string of the molecule is COCCNCCNC(=O)c1cnn(-c2ccc(F)cc2)c1C(C)C. The van der Waals surface area contributed by atoms with Crippen LogP contribution in [0.4, 0.5) is 4.39 Å². The van der Waals surface area contributed by atoms with E-state index in [-0.39, 0.29) is 17.6 Å². The number of nitrogens with one attached hydrogen (secondary N) is 2. The number of methoxy groups -OCH3 is 1. The van der Waals surface area contributed by atoms with Crippen LogP contribution in [-0.2, 0) is 4.74 Å². The Morgan fingerprint density at radius 3 is 2.60 bits per heavy atom. The fraction of sp³-hybridized carbons (Fsp3) is 0.444. The van der Waals surface area contributed by atoms with Crippen LogP contribution in [-0.4, -0.2) is 49.0 Å². The van der Waals surface area contributed by atoms with Crippen molar-refractivity contribution in [3.63, 3.8) is 0 Å². The number of hydrogen-bond donors (Lipinski definition) is 2. The molecule has 6 nitrogen and oxygen atoms in total. The molecule has 0 fully saturated rings. The standard InChI is InChI=1S/C18H25FN4O2/c1-13(2)17-16(18(24)21-9-8-20-10-11-25-3)12-22-23(17)15-6-4-14(19)5-7-15/h4-7,12-13,20H,8-11H2,1-3H3,(H,21,24). The van der Waals surface area contributed by atoms with Gasteiger partial charge in [-0.1, -0.05) is 13.8 Å². The molecule has 1 heterocycles. The predicted molar refractivity (Wildman–Crippen MR) is 94.7 cm³/mol. The van der Waals surface area contributed by atoms with E-state index in [1.54, 1.807) is 30.1 Å². The Labute approximate surface area is 147 Å². The van der Waals surface area contributed by atoms with Crippen molar-refractivity contribution >= 4 is 5.91 Å². The molecule has 2 rings (SSSR count). The fourth-order valence-electron chi connectivity index (χ4n) is 2.54. The maximum Gasteiger partial charge on any atom is 0.254 e. The summed E-state index contributed by atoms with van der Waals surface area (Å²) in [5, 5.41) is 10.4. The number of carbonyl (C=O) groups is 1. The second-order valence-electron chi connectivity index (χ2n) is 5.99. The summed E-state index contributed by atoms with van der Waals surface area (Å²) in [5.74, 6) is -0.375. The summed E-state index contributed by atoms with van der Waals surface area (Å²) in [6.07, 6.45) is 1.56. The Balaban J connectivity index is 2.08. The Morgan fingerprint density at radius 2 is 1.96 bits per heavy atom. The lowest BCUT2D eigenvalue weighted by Gasteiger charge is -2.13. The van der Waals surface area contributed by atoms with E-state index in [1.807, 2.05) is 13.8 Å². The van der Waals surface area contributed by atoms with E-state index in [1.165, 1.54) is 12.1 Å². The summed E-state index contributed by atoms with van der Waals surface area (Å²) in [6, 6.07) is 6.06. The van der Waals surface area contributed by atoms with Crippen molar-refractivity contribution in [1.29, 1.82) is 0 Å². The average Bonchev–Trinajstić information content (AvgIpc) is 3.04. The van der Waals surface area contributed by atoms with Gasteiger partial charge in [-0.2, -0.15) is 5.10 Å². The molecule has 0 radical (unpaired) electrons. The number of carbonyl (C=O) groups excluding carboxylic acids is 1. The van der Waals surface area contributed by atoms with Crippen molar-refractivity contribution in [2.75, 3.05) is 33.4 Å². The Hall–Kier alpha value is -2.25. The number of hydrogen-bond acceptors (Lipinski definition) is 4. The van der Waals surface area contributed by atoms with Crippen molar-refractivity contribution < 1.29 is 13.9 Å². The maximum atomic E-state index is 13.1. The first-order valence-electron chi connectivity index (χ1n) is 8.36. The summed E-state index contributed by atoms with van der Waals surface area (Å²) < 4.78 is 19.8. The lowest BCUT2D eigenvalue weighted by atomic mass is 10.1. The maximum absolute atomic E-state index is 13.1. The van der Waals surface area contributed by atoms with Crippen LogP contribution in [0.5, 0.6) is 0 Å². The van der Waals surface area contributed by atoms with Crippen LogP contribution < -0.4 is 10.6 Å². The molecular formula is C18H25FN4O2. The smallest absolute Gasteiger partial charge is 0.254 e. The number of aromatic nitrogens is 2. The largest absolute Gasteiger partial charge is 0.383 e. The molecule has 2 N–H and O–H groups in total. The van der Waals surface area contributed by atoms with Crippen molar-refractivity contribution in [2.24, 2.45) is 0 Å². The number of halogens is 1. The highest BCUT2D eigenvalue weighted by Crippen LogP contribution is 2.23. The van der Waals surface area contributed by atoms with Crippen LogP contribution in [0.25, 0.3) is 5.69 Å². The number of rotatable bonds is 9. The number of nitrogens with zero attached hydrogens (tertiary/aromatic N) is 2. The van der Waals surface area contributed by atoms with Crippen LogP contribution in [0.1, 0.15) is 35.8 Å². The van der Waals surface area contributed by atoms with Gasteiger partial charge in [0.15, 0.2) is 0 Å². The molecule has 0 aliphatic heterocycles. The minimum atomic E-state index is -0.305. The quantitative estimate of drug-likeness (QED) is 0.681. The lowest BCUT2D eigenvalue weighted by Crippen LogP contribution is -2.33. The zero-order chi connectivity index (χ0) is 18.2. The van der Waals surface area contributed by atoms with E-state index in [9.17, 15) is 9.18 Å². The van der Waals surface area contributed by atoms with Gasteiger partial charge in [-0.15, -0.1) is 0 Å². The lowest BCUT2D eigenvalue weighted by molar-refractivity contribution is 0.0952. The zero-order valence-corrected chi connectivity index (χ0v) is 14.9. The zero-order valence-electron chi connectivity index (χ0n) is 14.9. The topological polar surface area (TPSA) is 68.2 Å². The van der Waals surface area contributed by atoms with Gasteiger partial charge >= 0.3 is 0 Å². The molecule has 1 amide bonds. The third-order valence-corrected chi connectivity index (χ3v) is 3.74. The molecule has 25 heavy (non-hydrogen) atoms. The molecule has 0 spiro atoms. The normalized spacial score (nSPS) is 11.1. The first kappa shape index (κ1) is 19.1. The first-order chi connectivity index (χ1) is 12.0. The van der Waals surface area contributed by atoms with E-state index >= 15 is 0 Å². The highest BCUT2D eigenvalue weighted by molar-refractivity contribution is 5.95. The Morgan fingerprint density at radius 1 is 1.24 bits per heavy atom. The molecule has 2 aromatic rings. The Bertz CT molecular complexity index is 683. The van der Waals surface area contributed by atoms with Crippen molar-refractivity contribution in [3.8, 4) is 5.69 Å². The number of amides is 1. The van der Waals surface area contributed by atoms with Gasteiger partial charge in [0.25, 0.3) is 5.91 Å². The summed E-state index contributed by atoms with van der Waals surface area (Å²) >= 11 is 0. The minimum Gasteiger partial charge on any atom is -0.383 e. The molecule has 0 saturated heterocycles. The molecule has 0 unspecified atom stereocenters. The second kappa shape index (κ2) is 9.29. The van der Waals surface area contributed by atoms with Crippen molar-refractivity contribution in [2.45, 2.75) is 19.8 Å². The van der Waals surface area contributed by atoms with E-state index < -0.39 is 0 Å². The van der Waals surface area contributed by atoms with Crippen molar-refractivity contribution in [1.82, 2.24) is 20.4 Å². The monoisotopic (exact) mass is 348 g/mol. The molecule has 7 heteroatoms. The van der Waals surface area contributed by atoms with Crippen LogP contribution in [0, 0.1) is 5.82 Å². The van der Waals surface area contributed by atoms with Gasteiger partial charge in [-0.25, -0.2) is 9.07 Å². The molecular weight excluding hydrogens is 323 g/mol. The first-order valence-corrected chi connectivity index (χ1v) is 8.36.